The molecule has 2 aliphatic rings. The van der Waals surface area contributed by atoms with E-state index in [4.69, 9.17) is 4.74 Å². The van der Waals surface area contributed by atoms with Gasteiger partial charge in [0.25, 0.3) is 0 Å². The van der Waals surface area contributed by atoms with Gasteiger partial charge in [-0.15, -0.1) is 0 Å². The molecule has 1 aliphatic heterocycles. The summed E-state index contributed by atoms with van der Waals surface area (Å²) in [4.78, 5) is 0. The van der Waals surface area contributed by atoms with Crippen LogP contribution in [0.2, 0.25) is 0 Å². The molecular weight excluding hydrogens is 329 g/mol. The first-order valence-electron chi connectivity index (χ1n) is 7.00. The molecule has 4 nitrogen and oxygen atoms in total. The molecular formula is C16H15N3OSe. The predicted octanol–water partition coefficient (Wildman–Crippen LogP) is 4.14. The molecule has 1 unspecified atom stereocenters. The first-order chi connectivity index (χ1) is 10.3. The summed E-state index contributed by atoms with van der Waals surface area (Å²) in [6.45, 7) is 0. The Kier molecular flexibility index (Phi) is 3.17. The summed E-state index contributed by atoms with van der Waals surface area (Å²) in [6.07, 6.45) is 2.21. The molecule has 0 spiro atoms. The number of aryl methyl sites for hydroxylation is 1. The molecule has 1 atom stereocenters. The van der Waals surface area contributed by atoms with Gasteiger partial charge in [-0.1, -0.05) is 0 Å². The molecule has 21 heavy (non-hydrogen) atoms. The van der Waals surface area contributed by atoms with Crippen molar-refractivity contribution in [3.63, 3.8) is 0 Å². The first kappa shape index (κ1) is 12.9. The first-order valence-corrected chi connectivity index (χ1v) is 8.53. The van der Waals surface area contributed by atoms with E-state index in [0.29, 0.717) is 6.04 Å². The second-order valence-corrected chi connectivity index (χ2v) is 6.35. The van der Waals surface area contributed by atoms with Crippen LogP contribution >= 0.6 is 0 Å². The zero-order chi connectivity index (χ0) is 14.2. The van der Waals surface area contributed by atoms with Gasteiger partial charge in [0.05, 0.1) is 0 Å². The summed E-state index contributed by atoms with van der Waals surface area (Å²) < 4.78 is 14.3. The zero-order valence-corrected chi connectivity index (χ0v) is 13.4. The number of anilines is 1. The normalized spacial score (nSPS) is 18.0. The summed E-state index contributed by atoms with van der Waals surface area (Å²) in [5.41, 5.74) is 5.88. The van der Waals surface area contributed by atoms with Crippen LogP contribution < -0.4 is 10.1 Å². The molecule has 0 fully saturated rings. The van der Waals surface area contributed by atoms with E-state index in [0.717, 1.165) is 35.7 Å². The van der Waals surface area contributed by atoms with Gasteiger partial charge in [-0.25, -0.2) is 0 Å². The standard InChI is InChI=1S/C16H15N3OSe/c1-20-11-7-5-10-6-8-13(12(10)9-11)17-14-3-2-4-15-16(14)19-21-18-15/h2-5,7,9,13,17H,6,8H2,1H3. The molecule has 0 aromatic heterocycles. The van der Waals surface area contributed by atoms with Crippen molar-refractivity contribution in [1.82, 2.24) is 0 Å². The van der Waals surface area contributed by atoms with E-state index < -0.39 is 0 Å². The molecule has 0 amide bonds. The molecule has 0 bridgehead atoms. The molecule has 0 radical (unpaired) electrons. The number of rotatable bonds is 3. The van der Waals surface area contributed by atoms with Gasteiger partial charge in [0.15, 0.2) is 0 Å². The topological polar surface area (TPSA) is 46.0 Å². The maximum atomic E-state index is 5.35. The number of nitrogens with one attached hydrogen (secondary N) is 1. The molecule has 1 heterocycles. The minimum absolute atomic E-state index is 0.0108. The number of methoxy groups -OCH3 is 1. The Hall–Kier alpha value is -1.84. The molecule has 106 valence electrons. The Balaban J connectivity index is 1.66. The number of hydrogen-bond donors (Lipinski definition) is 1. The van der Waals surface area contributed by atoms with E-state index in [1.807, 2.05) is 18.2 Å². The number of nitrogens with zero attached hydrogens (tertiary/aromatic N) is 2. The number of benzene rings is 2. The van der Waals surface area contributed by atoms with Gasteiger partial charge in [-0.3, -0.25) is 0 Å². The molecule has 2 aromatic rings. The molecule has 5 heteroatoms. The van der Waals surface area contributed by atoms with Crippen molar-refractivity contribution in [2.45, 2.75) is 18.9 Å². The van der Waals surface area contributed by atoms with Crippen molar-refractivity contribution >= 4 is 31.6 Å². The number of hydrogen-bond acceptors (Lipinski definition) is 4. The minimum atomic E-state index is 0.0108. The van der Waals surface area contributed by atoms with Gasteiger partial charge in [-0.05, 0) is 0 Å². The van der Waals surface area contributed by atoms with Gasteiger partial charge in [-0.2, -0.15) is 0 Å². The van der Waals surface area contributed by atoms with E-state index in [1.165, 1.54) is 11.1 Å². The van der Waals surface area contributed by atoms with Gasteiger partial charge in [0.1, 0.15) is 0 Å². The Labute approximate surface area is 129 Å². The number of ether oxygens (including phenoxy) is 1. The van der Waals surface area contributed by atoms with Crippen molar-refractivity contribution in [3.8, 4) is 5.75 Å². The second-order valence-electron chi connectivity index (χ2n) is 5.24. The van der Waals surface area contributed by atoms with Crippen LogP contribution in [0.5, 0.6) is 5.75 Å². The maximum absolute atomic E-state index is 5.35. The van der Waals surface area contributed by atoms with Gasteiger partial charge in [0.2, 0.25) is 0 Å². The van der Waals surface area contributed by atoms with E-state index >= 15 is 0 Å². The van der Waals surface area contributed by atoms with Crippen molar-refractivity contribution < 1.29 is 4.74 Å². The fourth-order valence-electron chi connectivity index (χ4n) is 2.97. The third-order valence-electron chi connectivity index (χ3n) is 4.05. The molecule has 0 saturated heterocycles. The summed E-state index contributed by atoms with van der Waals surface area (Å²) in [6, 6.07) is 12.9. The molecule has 1 aliphatic carbocycles. The van der Waals surface area contributed by atoms with Crippen molar-refractivity contribution in [1.29, 1.82) is 0 Å². The number of fused-ring (bicyclic) bond motifs is 2. The summed E-state index contributed by atoms with van der Waals surface area (Å²) >= 11 is 0.0108. The van der Waals surface area contributed by atoms with E-state index in [2.05, 4.69) is 31.4 Å². The molecule has 0 saturated carbocycles. The van der Waals surface area contributed by atoms with Crippen molar-refractivity contribution in [3.05, 3.63) is 47.5 Å². The van der Waals surface area contributed by atoms with E-state index in [1.54, 1.807) is 7.11 Å². The Morgan fingerprint density at radius 1 is 1.24 bits per heavy atom. The van der Waals surface area contributed by atoms with Crippen LogP contribution in [0.3, 0.4) is 0 Å². The van der Waals surface area contributed by atoms with Crippen LogP contribution in [0, 0.1) is 0 Å². The van der Waals surface area contributed by atoms with E-state index in [-0.39, 0.29) is 14.6 Å². The third-order valence-corrected chi connectivity index (χ3v) is 5.18. The van der Waals surface area contributed by atoms with Crippen molar-refractivity contribution in [2.75, 3.05) is 12.4 Å². The average molecular weight is 344 g/mol. The summed E-state index contributed by atoms with van der Waals surface area (Å²) in [5.74, 6) is 0.920. The van der Waals surface area contributed by atoms with Gasteiger partial charge >= 0.3 is 129 Å². The van der Waals surface area contributed by atoms with Crippen LogP contribution in [-0.2, 0) is 6.42 Å². The van der Waals surface area contributed by atoms with Crippen LogP contribution in [-0.4, -0.2) is 21.7 Å². The quantitative estimate of drug-likeness (QED) is 0.726. The summed E-state index contributed by atoms with van der Waals surface area (Å²) in [7, 11) is 1.71. The Morgan fingerprint density at radius 3 is 3.10 bits per heavy atom. The molecule has 1 N–H and O–H groups in total. The second kappa shape index (κ2) is 5.17. The van der Waals surface area contributed by atoms with E-state index in [9.17, 15) is 0 Å². The Bertz CT molecular complexity index is 781. The van der Waals surface area contributed by atoms with Gasteiger partial charge < -0.3 is 0 Å². The van der Waals surface area contributed by atoms with Gasteiger partial charge in [0, 0.05) is 0 Å². The summed E-state index contributed by atoms with van der Waals surface area (Å²) in [5, 5.41) is 3.65. The van der Waals surface area contributed by atoms with Crippen LogP contribution in [0.25, 0.3) is 0 Å². The fourth-order valence-corrected chi connectivity index (χ4v) is 4.12. The zero-order valence-electron chi connectivity index (χ0n) is 11.7. The SMILES string of the molecule is COc1ccc2c(c1)C(Nc1cccc3c1N=[Se]=N3)CC2. The van der Waals surface area contributed by atoms with Crippen LogP contribution in [0.15, 0.2) is 44.3 Å². The van der Waals surface area contributed by atoms with Crippen LogP contribution in [0.1, 0.15) is 23.6 Å². The molecule has 2 aromatic carbocycles. The molecule has 4 rings (SSSR count). The van der Waals surface area contributed by atoms with Crippen molar-refractivity contribution in [2.24, 2.45) is 7.92 Å². The van der Waals surface area contributed by atoms with Crippen LogP contribution in [0.4, 0.5) is 17.1 Å². The average Bonchev–Trinajstić information content (AvgIpc) is 3.14. The monoisotopic (exact) mass is 345 g/mol. The Morgan fingerprint density at radius 2 is 2.19 bits per heavy atom. The predicted molar refractivity (Wildman–Crippen MR) is 84.1 cm³/mol. The fraction of sp³-hybridized carbons (Fsp3) is 0.250. The third kappa shape index (κ3) is 2.23.